The lowest BCUT2D eigenvalue weighted by molar-refractivity contribution is 0.0516. The molecule has 0 N–H and O–H groups in total. The number of carbonyl (C=O) groups is 1. The summed E-state index contributed by atoms with van der Waals surface area (Å²) in [5, 5.41) is 0. The van der Waals surface area contributed by atoms with E-state index in [9.17, 15) is 13.6 Å². The predicted molar refractivity (Wildman–Crippen MR) is 90.0 cm³/mol. The number of carbonyl (C=O) groups excluding carboxylic acids is 1. The van der Waals surface area contributed by atoms with Crippen molar-refractivity contribution in [1.82, 2.24) is 9.55 Å². The largest absolute Gasteiger partial charge is 0.461 e. The number of ether oxygens (including phenoxy) is 1. The second-order valence-corrected chi connectivity index (χ2v) is 5.49. The Balaban J connectivity index is 2.30. The first kappa shape index (κ1) is 16.8. The van der Waals surface area contributed by atoms with Crippen LogP contribution in [0, 0.1) is 11.6 Å². The van der Waals surface area contributed by atoms with Crippen LogP contribution >= 0.6 is 0 Å². The molecule has 0 bridgehead atoms. The van der Waals surface area contributed by atoms with E-state index in [1.54, 1.807) is 49.3 Å². The van der Waals surface area contributed by atoms with Gasteiger partial charge in [-0.15, -0.1) is 0 Å². The van der Waals surface area contributed by atoms with Crippen LogP contribution in [0.5, 0.6) is 0 Å². The van der Waals surface area contributed by atoms with E-state index in [0.717, 1.165) is 11.6 Å². The first-order valence-corrected chi connectivity index (χ1v) is 7.74. The third-order valence-electron chi connectivity index (χ3n) is 3.79. The number of aryl methyl sites for hydroxylation is 1. The molecular formula is C19H16F2N2O2. The first-order valence-electron chi connectivity index (χ1n) is 7.74. The number of benzene rings is 1. The molecule has 0 aliphatic carbocycles. The Hall–Kier alpha value is -3.02. The SMILES string of the molecule is CCOC(=O)c1c(-c2cc(F)cc(F)c2)c(-c2ccncc2)cn1C. The summed E-state index contributed by atoms with van der Waals surface area (Å²) in [4.78, 5) is 16.4. The summed E-state index contributed by atoms with van der Waals surface area (Å²) in [5.74, 6) is -1.98. The minimum atomic E-state index is -0.714. The van der Waals surface area contributed by atoms with Gasteiger partial charge < -0.3 is 9.30 Å². The van der Waals surface area contributed by atoms with Crippen molar-refractivity contribution in [3.63, 3.8) is 0 Å². The molecule has 0 spiro atoms. The molecule has 0 unspecified atom stereocenters. The predicted octanol–water partition coefficient (Wildman–Crippen LogP) is 4.21. The molecule has 0 saturated carbocycles. The average Bonchev–Trinajstić information content (AvgIpc) is 2.92. The molecule has 0 saturated heterocycles. The molecule has 3 rings (SSSR count). The van der Waals surface area contributed by atoms with Crippen molar-refractivity contribution in [2.45, 2.75) is 6.92 Å². The lowest BCUT2D eigenvalue weighted by Crippen LogP contribution is -2.10. The molecule has 0 atom stereocenters. The Bertz CT molecular complexity index is 900. The van der Waals surface area contributed by atoms with Gasteiger partial charge in [-0.3, -0.25) is 4.98 Å². The van der Waals surface area contributed by atoms with Crippen molar-refractivity contribution in [3.05, 3.63) is 66.3 Å². The number of rotatable bonds is 4. The Morgan fingerprint density at radius 3 is 2.36 bits per heavy atom. The van der Waals surface area contributed by atoms with E-state index in [1.165, 1.54) is 12.1 Å². The van der Waals surface area contributed by atoms with E-state index in [1.807, 2.05) is 0 Å². The highest BCUT2D eigenvalue weighted by Gasteiger charge is 2.24. The van der Waals surface area contributed by atoms with Gasteiger partial charge in [-0.25, -0.2) is 13.6 Å². The lowest BCUT2D eigenvalue weighted by Gasteiger charge is -2.09. The quantitative estimate of drug-likeness (QED) is 0.667. The molecule has 128 valence electrons. The maximum Gasteiger partial charge on any atom is 0.355 e. The van der Waals surface area contributed by atoms with Gasteiger partial charge in [-0.1, -0.05) is 0 Å². The van der Waals surface area contributed by atoms with Crippen molar-refractivity contribution in [2.75, 3.05) is 6.61 Å². The number of esters is 1. The van der Waals surface area contributed by atoms with Gasteiger partial charge in [0.1, 0.15) is 17.3 Å². The lowest BCUT2D eigenvalue weighted by atomic mass is 9.97. The van der Waals surface area contributed by atoms with Crippen LogP contribution < -0.4 is 0 Å². The van der Waals surface area contributed by atoms with Crippen molar-refractivity contribution in [1.29, 1.82) is 0 Å². The summed E-state index contributed by atoms with van der Waals surface area (Å²) < 4.78 is 34.2. The molecule has 2 aromatic heterocycles. The van der Waals surface area contributed by atoms with E-state index in [4.69, 9.17) is 4.74 Å². The number of nitrogens with zero attached hydrogens (tertiary/aromatic N) is 2. The van der Waals surface area contributed by atoms with Gasteiger partial charge in [-0.2, -0.15) is 0 Å². The van der Waals surface area contributed by atoms with Crippen molar-refractivity contribution in [3.8, 4) is 22.3 Å². The molecule has 0 aliphatic rings. The molecule has 0 amide bonds. The number of halogens is 2. The van der Waals surface area contributed by atoms with Crippen LogP contribution in [-0.2, 0) is 11.8 Å². The Morgan fingerprint density at radius 1 is 1.12 bits per heavy atom. The summed E-state index contributed by atoms with van der Waals surface area (Å²) >= 11 is 0. The van der Waals surface area contributed by atoms with Gasteiger partial charge in [0.15, 0.2) is 0 Å². The van der Waals surface area contributed by atoms with Crippen LogP contribution in [0.25, 0.3) is 22.3 Å². The number of hydrogen-bond donors (Lipinski definition) is 0. The maximum atomic E-state index is 13.8. The molecule has 0 aliphatic heterocycles. The molecule has 0 fully saturated rings. The Labute approximate surface area is 143 Å². The van der Waals surface area contributed by atoms with Crippen molar-refractivity contribution in [2.24, 2.45) is 7.05 Å². The standard InChI is InChI=1S/C19H16F2N2O2/c1-3-25-19(24)18-17(13-8-14(20)10-15(21)9-13)16(11-23(18)2)12-4-6-22-7-5-12/h4-11H,3H2,1-2H3. The zero-order valence-corrected chi connectivity index (χ0v) is 13.8. The number of pyridine rings is 1. The van der Waals surface area contributed by atoms with Crippen molar-refractivity contribution >= 4 is 5.97 Å². The van der Waals surface area contributed by atoms with Crippen LogP contribution in [0.3, 0.4) is 0 Å². The molecular weight excluding hydrogens is 326 g/mol. The molecule has 25 heavy (non-hydrogen) atoms. The topological polar surface area (TPSA) is 44.1 Å². The highest BCUT2D eigenvalue weighted by Crippen LogP contribution is 2.37. The Morgan fingerprint density at radius 2 is 1.76 bits per heavy atom. The molecule has 6 heteroatoms. The van der Waals surface area contributed by atoms with Gasteiger partial charge >= 0.3 is 5.97 Å². The zero-order chi connectivity index (χ0) is 18.0. The first-order chi connectivity index (χ1) is 12.0. The van der Waals surface area contributed by atoms with E-state index >= 15 is 0 Å². The molecule has 0 radical (unpaired) electrons. The molecule has 1 aromatic carbocycles. The fourth-order valence-electron chi connectivity index (χ4n) is 2.81. The average molecular weight is 342 g/mol. The fourth-order valence-corrected chi connectivity index (χ4v) is 2.81. The summed E-state index contributed by atoms with van der Waals surface area (Å²) in [6, 6.07) is 6.73. The van der Waals surface area contributed by atoms with Gasteiger partial charge in [0.25, 0.3) is 0 Å². The minimum Gasteiger partial charge on any atom is -0.461 e. The number of hydrogen-bond acceptors (Lipinski definition) is 3. The van der Waals surface area contributed by atoms with Crippen LogP contribution in [0.1, 0.15) is 17.4 Å². The molecule has 2 heterocycles. The normalized spacial score (nSPS) is 10.7. The second kappa shape index (κ2) is 6.84. The summed E-state index contributed by atoms with van der Waals surface area (Å²) in [6.45, 7) is 1.90. The minimum absolute atomic E-state index is 0.200. The highest BCUT2D eigenvalue weighted by atomic mass is 19.1. The fraction of sp³-hybridized carbons (Fsp3) is 0.158. The number of aromatic nitrogens is 2. The van der Waals surface area contributed by atoms with E-state index in [-0.39, 0.29) is 17.9 Å². The maximum absolute atomic E-state index is 13.8. The van der Waals surface area contributed by atoms with Crippen molar-refractivity contribution < 1.29 is 18.3 Å². The summed E-state index contributed by atoms with van der Waals surface area (Å²) in [5.41, 5.74) is 2.37. The van der Waals surface area contributed by atoms with Gasteiger partial charge in [-0.05, 0) is 42.3 Å². The van der Waals surface area contributed by atoms with E-state index in [0.29, 0.717) is 11.1 Å². The summed E-state index contributed by atoms with van der Waals surface area (Å²) in [6.07, 6.45) is 4.96. The molecule has 4 nitrogen and oxygen atoms in total. The third kappa shape index (κ3) is 3.28. The van der Waals surface area contributed by atoms with Crippen LogP contribution in [0.15, 0.2) is 48.9 Å². The van der Waals surface area contributed by atoms with Crippen LogP contribution in [0.4, 0.5) is 8.78 Å². The Kier molecular flexibility index (Phi) is 4.61. The third-order valence-corrected chi connectivity index (χ3v) is 3.79. The van der Waals surface area contributed by atoms with Crippen LogP contribution in [0.2, 0.25) is 0 Å². The van der Waals surface area contributed by atoms with E-state index < -0.39 is 17.6 Å². The summed E-state index contributed by atoms with van der Waals surface area (Å²) in [7, 11) is 1.69. The monoisotopic (exact) mass is 342 g/mol. The second-order valence-electron chi connectivity index (χ2n) is 5.49. The van der Waals surface area contributed by atoms with Crippen LogP contribution in [-0.4, -0.2) is 22.1 Å². The highest BCUT2D eigenvalue weighted by molar-refractivity contribution is 6.01. The van der Waals surface area contributed by atoms with Gasteiger partial charge in [0, 0.05) is 42.8 Å². The van der Waals surface area contributed by atoms with Gasteiger partial charge in [0.2, 0.25) is 0 Å². The smallest absolute Gasteiger partial charge is 0.355 e. The van der Waals surface area contributed by atoms with E-state index in [2.05, 4.69) is 4.98 Å². The zero-order valence-electron chi connectivity index (χ0n) is 13.8. The molecule has 3 aromatic rings. The van der Waals surface area contributed by atoms with Gasteiger partial charge in [0.05, 0.1) is 6.61 Å².